The highest BCUT2D eigenvalue weighted by molar-refractivity contribution is 9.11. The second-order valence-electron chi connectivity index (χ2n) is 13.4. The second kappa shape index (κ2) is 16.9. The lowest BCUT2D eigenvalue weighted by molar-refractivity contribution is 0.452. The van der Waals surface area contributed by atoms with Gasteiger partial charge in [0.25, 0.3) is 0 Å². The zero-order chi connectivity index (χ0) is 34.8. The van der Waals surface area contributed by atoms with Crippen LogP contribution in [0.2, 0.25) is 0 Å². The summed E-state index contributed by atoms with van der Waals surface area (Å²) in [6.07, 6.45) is 12.8. The normalized spacial score (nSPS) is 13.2. The monoisotopic (exact) mass is 898 g/mol. The van der Waals surface area contributed by atoms with Crippen LogP contribution in [0.1, 0.15) is 88.8 Å². The number of rotatable bonds is 16. The van der Waals surface area contributed by atoms with E-state index in [1.54, 1.807) is 0 Å². The van der Waals surface area contributed by atoms with E-state index in [1.807, 2.05) is 68.0 Å². The summed E-state index contributed by atoms with van der Waals surface area (Å²) in [6, 6.07) is 23.7. The van der Waals surface area contributed by atoms with Crippen LogP contribution in [0.3, 0.4) is 0 Å². The molecule has 262 valence electrons. The molecule has 0 nitrogen and oxygen atoms in total. The minimum absolute atomic E-state index is 0.766. The minimum Gasteiger partial charge on any atom is -0.140 e. The maximum atomic E-state index is 3.75. The molecule has 6 heterocycles. The Morgan fingerprint density at radius 2 is 0.900 bits per heavy atom. The molecule has 1 aromatic carbocycles. The molecule has 0 aliphatic carbocycles. The standard InChI is InChI=1S/C42H44Br2S6/c1-5-9-11-25(7-3)21-27-13-15-33(45-27)39-29-23-35(31-17-19-37(43)47-31)50-42(29)40(30-24-36(49-41(30)39)32-18-20-38(44)48-32)34-16-14-28(46-34)22-26(8-4)12-10-6-2/h13-20,23-26H,5-12,21-22H2,1-4H3. The van der Waals surface area contributed by atoms with Gasteiger partial charge in [0.2, 0.25) is 0 Å². The van der Waals surface area contributed by atoms with Gasteiger partial charge in [-0.3, -0.25) is 0 Å². The zero-order valence-electron chi connectivity index (χ0n) is 29.2. The van der Waals surface area contributed by atoms with E-state index in [2.05, 4.69) is 120 Å². The second-order valence-corrected chi connectivity index (χ2v) is 22.8. The highest BCUT2D eigenvalue weighted by atomic mass is 79.9. The van der Waals surface area contributed by atoms with Crippen molar-refractivity contribution >= 4 is 120 Å². The quantitative estimate of drug-likeness (QED) is 0.0906. The van der Waals surface area contributed by atoms with Crippen LogP contribution in [0.5, 0.6) is 0 Å². The summed E-state index contributed by atoms with van der Waals surface area (Å²) in [7, 11) is 0. The Bertz CT molecular complexity index is 1970. The van der Waals surface area contributed by atoms with Crippen molar-refractivity contribution < 1.29 is 0 Å². The lowest BCUT2D eigenvalue weighted by atomic mass is 9.95. The van der Waals surface area contributed by atoms with Crippen LogP contribution in [-0.4, -0.2) is 0 Å². The van der Waals surface area contributed by atoms with Gasteiger partial charge in [-0.1, -0.05) is 79.1 Å². The first kappa shape index (κ1) is 37.2. The zero-order valence-corrected chi connectivity index (χ0v) is 37.3. The van der Waals surface area contributed by atoms with Crippen LogP contribution in [0.15, 0.2) is 68.2 Å². The SMILES string of the molecule is CCCCC(CC)Cc1ccc(-c2c3cc(-c4ccc(Br)s4)sc3c(-c3ccc(CC(CC)CCCC)s3)c3cc(-c4ccc(Br)s4)sc23)s1. The highest BCUT2D eigenvalue weighted by Crippen LogP contribution is 2.55. The van der Waals surface area contributed by atoms with Crippen molar-refractivity contribution in [3.05, 3.63) is 78.0 Å². The first-order chi connectivity index (χ1) is 24.4. The summed E-state index contributed by atoms with van der Waals surface area (Å²) in [5.74, 6) is 1.53. The van der Waals surface area contributed by atoms with E-state index in [-0.39, 0.29) is 0 Å². The van der Waals surface area contributed by atoms with Crippen LogP contribution in [-0.2, 0) is 12.8 Å². The largest absolute Gasteiger partial charge is 0.140 e. The molecule has 0 radical (unpaired) electrons. The van der Waals surface area contributed by atoms with Crippen LogP contribution < -0.4 is 0 Å². The van der Waals surface area contributed by atoms with Crippen molar-refractivity contribution in [1.82, 2.24) is 0 Å². The lowest BCUT2D eigenvalue weighted by Crippen LogP contribution is -2.01. The Morgan fingerprint density at radius 1 is 0.480 bits per heavy atom. The molecule has 7 rings (SSSR count). The van der Waals surface area contributed by atoms with Crippen LogP contribution in [0, 0.1) is 11.8 Å². The fourth-order valence-electron chi connectivity index (χ4n) is 7.09. The van der Waals surface area contributed by atoms with E-state index in [9.17, 15) is 0 Å². The fourth-order valence-corrected chi connectivity index (χ4v) is 15.0. The van der Waals surface area contributed by atoms with Gasteiger partial charge in [0, 0.05) is 70.3 Å². The molecule has 0 fully saturated rings. The van der Waals surface area contributed by atoms with Gasteiger partial charge in [0.1, 0.15) is 0 Å². The molecular weight excluding hydrogens is 857 g/mol. The average molecular weight is 901 g/mol. The predicted octanol–water partition coefficient (Wildman–Crippen LogP) is 18.1. The molecule has 0 N–H and O–H groups in total. The molecule has 0 amide bonds. The molecule has 8 heteroatoms. The summed E-state index contributed by atoms with van der Waals surface area (Å²) >= 11 is 19.2. The average Bonchev–Trinajstić information content (AvgIpc) is 3.97. The third kappa shape index (κ3) is 8.03. The third-order valence-corrected chi connectivity index (χ3v) is 18.2. The maximum absolute atomic E-state index is 3.75. The molecule has 0 bridgehead atoms. The number of halogens is 2. The fraction of sp³-hybridized carbons (Fsp3) is 0.381. The predicted molar refractivity (Wildman–Crippen MR) is 240 cm³/mol. The number of hydrogen-bond donors (Lipinski definition) is 0. The molecule has 7 aromatic rings. The number of thiophene rings is 6. The van der Waals surface area contributed by atoms with Crippen LogP contribution in [0.4, 0.5) is 0 Å². The van der Waals surface area contributed by atoms with Gasteiger partial charge in [-0.05, 0) is 117 Å². The topological polar surface area (TPSA) is 0 Å². The molecule has 0 aliphatic rings. The minimum atomic E-state index is 0.766. The van der Waals surface area contributed by atoms with Gasteiger partial charge in [-0.2, -0.15) is 0 Å². The van der Waals surface area contributed by atoms with E-state index in [1.165, 1.54) is 142 Å². The van der Waals surface area contributed by atoms with E-state index < -0.39 is 0 Å². The Labute approximate surface area is 338 Å². The summed E-state index contributed by atoms with van der Waals surface area (Å²) in [5.41, 5.74) is 2.87. The summed E-state index contributed by atoms with van der Waals surface area (Å²) in [6.45, 7) is 9.37. The van der Waals surface area contributed by atoms with E-state index in [0.717, 1.165) is 11.8 Å². The molecule has 6 aromatic heterocycles. The Balaban J connectivity index is 1.43. The van der Waals surface area contributed by atoms with E-state index >= 15 is 0 Å². The van der Waals surface area contributed by atoms with Gasteiger partial charge in [0.05, 0.1) is 7.57 Å². The first-order valence-electron chi connectivity index (χ1n) is 18.1. The molecule has 50 heavy (non-hydrogen) atoms. The molecule has 0 aliphatic heterocycles. The maximum Gasteiger partial charge on any atom is 0.0705 e. The van der Waals surface area contributed by atoms with Crippen molar-refractivity contribution in [2.75, 3.05) is 0 Å². The number of fused-ring (bicyclic) bond motifs is 2. The van der Waals surface area contributed by atoms with Crippen molar-refractivity contribution in [3.8, 4) is 40.4 Å². The molecule has 0 saturated carbocycles. The summed E-state index contributed by atoms with van der Waals surface area (Å²) in [4.78, 5) is 11.3. The third-order valence-electron chi connectivity index (χ3n) is 9.97. The summed E-state index contributed by atoms with van der Waals surface area (Å²) in [5, 5.41) is 2.82. The molecule has 0 spiro atoms. The molecular formula is C42H44Br2S6. The van der Waals surface area contributed by atoms with E-state index in [0.29, 0.717) is 0 Å². The lowest BCUT2D eigenvalue weighted by Gasteiger charge is -2.13. The molecule has 2 unspecified atom stereocenters. The van der Waals surface area contributed by atoms with Gasteiger partial charge in [0.15, 0.2) is 0 Å². The van der Waals surface area contributed by atoms with Crippen LogP contribution >= 0.6 is 99.9 Å². The van der Waals surface area contributed by atoms with Crippen molar-refractivity contribution in [3.63, 3.8) is 0 Å². The molecule has 0 saturated heterocycles. The Kier molecular flexibility index (Phi) is 12.6. The Hall–Kier alpha value is -1.10. The van der Waals surface area contributed by atoms with Crippen molar-refractivity contribution in [1.29, 1.82) is 0 Å². The Morgan fingerprint density at radius 3 is 1.26 bits per heavy atom. The number of benzene rings is 1. The van der Waals surface area contributed by atoms with Gasteiger partial charge >= 0.3 is 0 Å². The smallest absolute Gasteiger partial charge is 0.0705 e. The number of hydrogen-bond acceptors (Lipinski definition) is 6. The summed E-state index contributed by atoms with van der Waals surface area (Å²) < 4.78 is 5.23. The highest BCUT2D eigenvalue weighted by Gasteiger charge is 2.25. The van der Waals surface area contributed by atoms with Crippen LogP contribution in [0.25, 0.3) is 60.6 Å². The molecule has 2 atom stereocenters. The van der Waals surface area contributed by atoms with Gasteiger partial charge < -0.3 is 0 Å². The van der Waals surface area contributed by atoms with Gasteiger partial charge in [-0.25, -0.2) is 0 Å². The van der Waals surface area contributed by atoms with Gasteiger partial charge in [-0.15, -0.1) is 68.0 Å². The van der Waals surface area contributed by atoms with E-state index in [4.69, 9.17) is 0 Å². The first-order valence-corrected chi connectivity index (χ1v) is 24.6. The van der Waals surface area contributed by atoms with Crippen molar-refractivity contribution in [2.24, 2.45) is 11.8 Å². The van der Waals surface area contributed by atoms with Crippen molar-refractivity contribution in [2.45, 2.75) is 91.9 Å². The number of unbranched alkanes of at least 4 members (excludes halogenated alkanes) is 2.